The molecular formula is C13H21Cl2N4O13P3. The number of fused-ring (bicyclic) bond motifs is 1. The molecule has 2 aromatic heterocycles. The van der Waals surface area contributed by atoms with Gasteiger partial charge in [-0.2, -0.15) is 4.98 Å². The number of hydrogen-bond donors (Lipinski definition) is 10. The summed E-state index contributed by atoms with van der Waals surface area (Å²) in [5, 5.41) is 10.4. The first-order chi connectivity index (χ1) is 15.4. The summed E-state index contributed by atoms with van der Waals surface area (Å²) in [4.78, 5) is 76.9. The van der Waals surface area contributed by atoms with Crippen molar-refractivity contribution in [3.63, 3.8) is 0 Å². The second-order valence-corrected chi connectivity index (χ2v) is 10.6. The molecule has 0 saturated heterocycles. The van der Waals surface area contributed by atoms with Crippen LogP contribution in [0.3, 0.4) is 0 Å². The van der Waals surface area contributed by atoms with Crippen molar-refractivity contribution >= 4 is 57.8 Å². The molecule has 35 heavy (non-hydrogen) atoms. The standard InChI is InChI=1S/C13H12Cl2N4O.3H3O4P/c1-3-13(2)5-7(4-8(13)20)19-6-16-9-10(14)17-12(15)18-11(9)19;3*1-5(2,3)4/h1,6-8,20H,4-5H2,2H3;3*(H3,1,2,3,4)/t7-,8-,13+;;;/m1.../s1. The number of phosphoric acid groups is 3. The van der Waals surface area contributed by atoms with Crippen LogP contribution in [0, 0.1) is 17.8 Å². The lowest BCUT2D eigenvalue weighted by molar-refractivity contribution is 0.104. The minimum atomic E-state index is -4.64. The molecule has 0 unspecified atom stereocenters. The molecule has 1 aliphatic carbocycles. The maximum Gasteiger partial charge on any atom is 0.466 e. The predicted octanol–water partition coefficient (Wildman–Crippen LogP) is -0.317. The van der Waals surface area contributed by atoms with Crippen molar-refractivity contribution in [3.05, 3.63) is 16.8 Å². The Morgan fingerprint density at radius 2 is 1.43 bits per heavy atom. The third-order valence-electron chi connectivity index (χ3n) is 3.97. The molecule has 2 heterocycles. The van der Waals surface area contributed by atoms with Crippen molar-refractivity contribution < 1.29 is 62.8 Å². The van der Waals surface area contributed by atoms with Gasteiger partial charge >= 0.3 is 23.5 Å². The average Bonchev–Trinajstić information content (AvgIpc) is 3.12. The number of terminal acetylenes is 1. The van der Waals surface area contributed by atoms with Crippen molar-refractivity contribution in [2.24, 2.45) is 5.41 Å². The van der Waals surface area contributed by atoms with Crippen molar-refractivity contribution in [3.8, 4) is 12.3 Å². The molecule has 1 fully saturated rings. The summed E-state index contributed by atoms with van der Waals surface area (Å²) < 4.78 is 28.5. The van der Waals surface area contributed by atoms with Gasteiger partial charge in [-0.3, -0.25) is 0 Å². The fourth-order valence-electron chi connectivity index (χ4n) is 2.72. The van der Waals surface area contributed by atoms with Crippen LogP contribution in [0.5, 0.6) is 0 Å². The van der Waals surface area contributed by atoms with Gasteiger partial charge in [-0.05, 0) is 31.4 Å². The van der Waals surface area contributed by atoms with Gasteiger partial charge in [0.05, 0.1) is 17.8 Å². The fourth-order valence-corrected chi connectivity index (χ4v) is 3.14. The maximum absolute atomic E-state index is 10.1. The first-order valence-electron chi connectivity index (χ1n) is 8.51. The number of imidazole rings is 1. The molecule has 0 radical (unpaired) electrons. The highest BCUT2D eigenvalue weighted by Crippen LogP contribution is 2.44. The van der Waals surface area contributed by atoms with Crippen LogP contribution in [0.4, 0.5) is 0 Å². The maximum atomic E-state index is 10.1. The Bertz CT molecular complexity index is 1120. The summed E-state index contributed by atoms with van der Waals surface area (Å²) in [5.41, 5.74) is 0.523. The van der Waals surface area contributed by atoms with Crippen molar-refractivity contribution in [2.45, 2.75) is 31.9 Å². The van der Waals surface area contributed by atoms with Gasteiger partial charge in [-0.25, -0.2) is 23.7 Å². The van der Waals surface area contributed by atoms with E-state index >= 15 is 0 Å². The van der Waals surface area contributed by atoms with Crippen molar-refractivity contribution in [2.75, 3.05) is 0 Å². The van der Waals surface area contributed by atoms with Crippen LogP contribution in [0.25, 0.3) is 11.2 Å². The normalized spacial score (nSPS) is 22.1. The van der Waals surface area contributed by atoms with Crippen LogP contribution in [0.15, 0.2) is 6.33 Å². The lowest BCUT2D eigenvalue weighted by Gasteiger charge is -2.20. The van der Waals surface area contributed by atoms with E-state index in [1.807, 2.05) is 11.5 Å². The third-order valence-corrected chi connectivity index (χ3v) is 4.40. The van der Waals surface area contributed by atoms with E-state index in [2.05, 4.69) is 20.9 Å². The second kappa shape index (κ2) is 13.0. The molecule has 2 aromatic rings. The van der Waals surface area contributed by atoms with E-state index in [0.717, 1.165) is 0 Å². The van der Waals surface area contributed by atoms with E-state index in [4.69, 9.17) is 87.4 Å². The molecule has 0 bridgehead atoms. The summed E-state index contributed by atoms with van der Waals surface area (Å²) in [7, 11) is -13.9. The van der Waals surface area contributed by atoms with Crippen molar-refractivity contribution in [1.82, 2.24) is 19.5 Å². The summed E-state index contributed by atoms with van der Waals surface area (Å²) in [6, 6.07) is 0.0121. The summed E-state index contributed by atoms with van der Waals surface area (Å²) >= 11 is 11.8. The molecule has 3 atom stereocenters. The molecule has 3 rings (SSSR count). The average molecular weight is 605 g/mol. The van der Waals surface area contributed by atoms with Crippen LogP contribution < -0.4 is 0 Å². The molecule has 10 N–H and O–H groups in total. The van der Waals surface area contributed by atoms with Crippen molar-refractivity contribution in [1.29, 1.82) is 0 Å². The first-order valence-corrected chi connectivity index (χ1v) is 14.0. The van der Waals surface area contributed by atoms with Gasteiger partial charge in [0.15, 0.2) is 10.8 Å². The number of hydrogen-bond acceptors (Lipinski definition) is 7. The molecule has 200 valence electrons. The number of rotatable bonds is 1. The third kappa shape index (κ3) is 15.0. The summed E-state index contributed by atoms with van der Waals surface area (Å²) in [5.74, 6) is 2.68. The second-order valence-electron chi connectivity index (χ2n) is 6.82. The summed E-state index contributed by atoms with van der Waals surface area (Å²) in [6.45, 7) is 1.88. The number of aliphatic hydroxyl groups is 1. The van der Waals surface area contributed by atoms with E-state index in [0.29, 0.717) is 24.0 Å². The zero-order valence-electron chi connectivity index (χ0n) is 17.3. The zero-order valence-corrected chi connectivity index (χ0v) is 21.5. The van der Waals surface area contributed by atoms with Crippen LogP contribution in [-0.4, -0.2) is 74.8 Å². The minimum Gasteiger partial charge on any atom is -0.391 e. The topological polar surface area (TPSA) is 297 Å². The Morgan fingerprint density at radius 1 is 1.00 bits per heavy atom. The molecule has 0 aliphatic heterocycles. The molecule has 0 aromatic carbocycles. The van der Waals surface area contributed by atoms with E-state index < -0.39 is 35.0 Å². The van der Waals surface area contributed by atoms with Gasteiger partial charge in [-0.15, -0.1) is 6.42 Å². The Labute approximate surface area is 206 Å². The quantitative estimate of drug-likeness (QED) is 0.0862. The van der Waals surface area contributed by atoms with Crippen LogP contribution >= 0.6 is 46.7 Å². The largest absolute Gasteiger partial charge is 0.466 e. The Kier molecular flexibility index (Phi) is 12.6. The van der Waals surface area contributed by atoms with Gasteiger partial charge in [-0.1, -0.05) is 17.5 Å². The Balaban J connectivity index is 0.000000635. The highest BCUT2D eigenvalue weighted by Gasteiger charge is 2.43. The fraction of sp³-hybridized carbons (Fsp3) is 0.462. The number of nitrogens with zero attached hydrogens (tertiary/aromatic N) is 4. The van der Waals surface area contributed by atoms with E-state index in [1.54, 1.807) is 6.33 Å². The van der Waals surface area contributed by atoms with E-state index in [9.17, 15) is 5.11 Å². The van der Waals surface area contributed by atoms with Gasteiger partial charge < -0.3 is 53.7 Å². The highest BCUT2D eigenvalue weighted by atomic mass is 35.5. The number of aliphatic hydroxyl groups excluding tert-OH is 1. The molecule has 1 saturated carbocycles. The van der Waals surface area contributed by atoms with E-state index in [1.165, 1.54) is 0 Å². The van der Waals surface area contributed by atoms with Gasteiger partial charge in [0, 0.05) is 6.04 Å². The molecule has 0 spiro atoms. The molecular weight excluding hydrogens is 584 g/mol. The molecule has 0 amide bonds. The summed E-state index contributed by atoms with van der Waals surface area (Å²) in [6.07, 6.45) is 7.81. The lowest BCUT2D eigenvalue weighted by Crippen LogP contribution is -2.23. The number of halogens is 2. The predicted molar refractivity (Wildman–Crippen MR) is 119 cm³/mol. The van der Waals surface area contributed by atoms with Crippen LogP contribution in [0.2, 0.25) is 10.4 Å². The first kappa shape index (κ1) is 34.0. The Morgan fingerprint density at radius 3 is 1.80 bits per heavy atom. The van der Waals surface area contributed by atoms with E-state index in [-0.39, 0.29) is 16.5 Å². The SMILES string of the molecule is C#C[C@@]1(C)C[C@H](n2cnc3c(Cl)nc(Cl)nc32)C[C@H]1O.O=P(O)(O)O.O=P(O)(O)O.O=P(O)(O)O. The minimum absolute atomic E-state index is 0.0121. The van der Waals surface area contributed by atoms with Gasteiger partial charge in [0.2, 0.25) is 5.28 Å². The van der Waals surface area contributed by atoms with Gasteiger partial charge in [0.25, 0.3) is 0 Å². The monoisotopic (exact) mass is 604 g/mol. The molecule has 22 heteroatoms. The van der Waals surface area contributed by atoms with Gasteiger partial charge in [0.1, 0.15) is 5.52 Å². The highest BCUT2D eigenvalue weighted by molar-refractivity contribution is 7.45. The smallest absolute Gasteiger partial charge is 0.391 e. The Hall–Kier alpha value is -1.02. The molecule has 1 aliphatic rings. The van der Waals surface area contributed by atoms with Crippen LogP contribution in [-0.2, 0) is 13.7 Å². The molecule has 17 nitrogen and oxygen atoms in total. The number of aromatic nitrogens is 4. The van der Waals surface area contributed by atoms with Crippen LogP contribution in [0.1, 0.15) is 25.8 Å². The lowest BCUT2D eigenvalue weighted by atomic mass is 9.88. The zero-order chi connectivity index (χ0) is 28.0.